The second-order valence-electron chi connectivity index (χ2n) is 4.12. The van der Waals surface area contributed by atoms with Crippen LogP contribution in [0.2, 0.25) is 0 Å². The van der Waals surface area contributed by atoms with Crippen LogP contribution >= 0.6 is 0 Å². The lowest BCUT2D eigenvalue weighted by molar-refractivity contribution is 0.102. The summed E-state index contributed by atoms with van der Waals surface area (Å²) in [5.74, 6) is -0.118. The Hall–Kier alpha value is -2.70. The van der Waals surface area contributed by atoms with Gasteiger partial charge in [-0.1, -0.05) is 6.92 Å². The number of aromatic nitrogens is 3. The third kappa shape index (κ3) is 3.64. The average Bonchev–Trinajstić information content (AvgIpc) is 2.48. The fourth-order valence-electron chi connectivity index (χ4n) is 1.53. The number of carbonyl (C=O) groups is 1. The van der Waals surface area contributed by atoms with E-state index >= 15 is 0 Å². The van der Waals surface area contributed by atoms with Gasteiger partial charge in [-0.2, -0.15) is 5.10 Å². The minimum Gasteiger partial charge on any atom is -0.385 e. The summed E-state index contributed by atoms with van der Waals surface area (Å²) >= 11 is 0. The van der Waals surface area contributed by atoms with Crippen molar-refractivity contribution >= 4 is 17.4 Å². The zero-order valence-corrected chi connectivity index (χ0v) is 11.0. The molecule has 0 aromatic carbocycles. The van der Waals surface area contributed by atoms with Crippen LogP contribution < -0.4 is 16.2 Å². The van der Waals surface area contributed by atoms with Gasteiger partial charge in [0.05, 0.1) is 0 Å². The van der Waals surface area contributed by atoms with Crippen molar-refractivity contribution < 1.29 is 4.79 Å². The van der Waals surface area contributed by atoms with Gasteiger partial charge in [0, 0.05) is 24.5 Å². The van der Waals surface area contributed by atoms with Gasteiger partial charge in [-0.25, -0.2) is 5.10 Å². The number of aromatic amines is 1. The van der Waals surface area contributed by atoms with Gasteiger partial charge < -0.3 is 10.6 Å². The van der Waals surface area contributed by atoms with Gasteiger partial charge in [-0.3, -0.25) is 14.6 Å². The van der Waals surface area contributed by atoms with Gasteiger partial charge in [0.15, 0.2) is 5.82 Å². The minimum atomic E-state index is -0.385. The highest BCUT2D eigenvalue weighted by atomic mass is 16.2. The van der Waals surface area contributed by atoms with Gasteiger partial charge in [0.25, 0.3) is 11.5 Å². The van der Waals surface area contributed by atoms with Crippen LogP contribution in [0.4, 0.5) is 11.5 Å². The zero-order chi connectivity index (χ0) is 14.4. The molecule has 2 heterocycles. The van der Waals surface area contributed by atoms with Crippen LogP contribution in [-0.2, 0) is 0 Å². The van der Waals surface area contributed by atoms with E-state index in [2.05, 4.69) is 32.7 Å². The van der Waals surface area contributed by atoms with Crippen molar-refractivity contribution in [2.24, 2.45) is 0 Å². The molecular formula is C13H15N5O2. The van der Waals surface area contributed by atoms with Gasteiger partial charge in [0.2, 0.25) is 0 Å². The molecule has 104 valence electrons. The standard InChI is InChI=1S/C13H15N5O2/c1-2-6-14-9-5-7-15-10(8-9)13(20)16-11-3-4-12(19)18-17-11/h3-5,7-8H,2,6H2,1H3,(H,14,15)(H,18,19)(H,16,17,20). The molecular weight excluding hydrogens is 258 g/mol. The summed E-state index contributed by atoms with van der Waals surface area (Å²) in [6.07, 6.45) is 2.55. The molecule has 0 radical (unpaired) electrons. The number of H-pyrrole nitrogens is 1. The molecule has 20 heavy (non-hydrogen) atoms. The highest BCUT2D eigenvalue weighted by molar-refractivity contribution is 6.02. The molecule has 0 aliphatic carbocycles. The summed E-state index contributed by atoms with van der Waals surface area (Å²) in [6.45, 7) is 2.89. The third-order valence-corrected chi connectivity index (χ3v) is 2.49. The Labute approximate surface area is 115 Å². The van der Waals surface area contributed by atoms with E-state index in [0.29, 0.717) is 0 Å². The van der Waals surface area contributed by atoms with Crippen molar-refractivity contribution in [3.8, 4) is 0 Å². The molecule has 7 nitrogen and oxygen atoms in total. The molecule has 0 bridgehead atoms. The number of nitrogens with one attached hydrogen (secondary N) is 3. The van der Waals surface area contributed by atoms with Gasteiger partial charge in [-0.15, -0.1) is 0 Å². The van der Waals surface area contributed by atoms with Gasteiger partial charge >= 0.3 is 0 Å². The van der Waals surface area contributed by atoms with E-state index in [-0.39, 0.29) is 23.0 Å². The van der Waals surface area contributed by atoms with Crippen molar-refractivity contribution in [2.75, 3.05) is 17.2 Å². The maximum absolute atomic E-state index is 12.0. The fourth-order valence-corrected chi connectivity index (χ4v) is 1.53. The maximum Gasteiger partial charge on any atom is 0.275 e. The Balaban J connectivity index is 2.08. The second kappa shape index (κ2) is 6.46. The van der Waals surface area contributed by atoms with Crippen LogP contribution in [0.25, 0.3) is 0 Å². The first-order chi connectivity index (χ1) is 9.69. The lowest BCUT2D eigenvalue weighted by atomic mass is 10.3. The molecule has 2 aromatic heterocycles. The highest BCUT2D eigenvalue weighted by Gasteiger charge is 2.09. The molecule has 0 unspecified atom stereocenters. The number of hydrogen-bond acceptors (Lipinski definition) is 5. The summed E-state index contributed by atoms with van der Waals surface area (Å²) in [7, 11) is 0. The lowest BCUT2D eigenvalue weighted by Gasteiger charge is -2.07. The molecule has 0 fully saturated rings. The van der Waals surface area contributed by atoms with Crippen LogP contribution in [0.15, 0.2) is 35.3 Å². The smallest absolute Gasteiger partial charge is 0.275 e. The van der Waals surface area contributed by atoms with Crippen LogP contribution in [0, 0.1) is 0 Å². The highest BCUT2D eigenvalue weighted by Crippen LogP contribution is 2.09. The van der Waals surface area contributed by atoms with Crippen molar-refractivity contribution in [1.82, 2.24) is 15.2 Å². The van der Waals surface area contributed by atoms with E-state index in [1.54, 1.807) is 18.3 Å². The number of amides is 1. The molecule has 0 aliphatic heterocycles. The van der Waals surface area contributed by atoms with E-state index in [1.807, 2.05) is 0 Å². The van der Waals surface area contributed by atoms with Crippen LogP contribution in [-0.4, -0.2) is 27.6 Å². The zero-order valence-electron chi connectivity index (χ0n) is 11.0. The Bertz CT molecular complexity index is 633. The van der Waals surface area contributed by atoms with Crippen molar-refractivity contribution in [3.05, 3.63) is 46.5 Å². The SMILES string of the molecule is CCCNc1ccnc(C(=O)Nc2ccc(=O)[nH]n2)c1. The van der Waals surface area contributed by atoms with Crippen LogP contribution in [0.3, 0.4) is 0 Å². The predicted molar refractivity (Wildman–Crippen MR) is 75.8 cm³/mol. The van der Waals surface area contributed by atoms with E-state index < -0.39 is 0 Å². The number of hydrogen-bond donors (Lipinski definition) is 3. The lowest BCUT2D eigenvalue weighted by Crippen LogP contribution is -2.17. The predicted octanol–water partition coefficient (Wildman–Crippen LogP) is 1.24. The summed E-state index contributed by atoms with van der Waals surface area (Å²) in [4.78, 5) is 26.9. The molecule has 0 saturated carbocycles. The Morgan fingerprint density at radius 2 is 2.20 bits per heavy atom. The molecule has 0 spiro atoms. The number of pyridine rings is 1. The average molecular weight is 273 g/mol. The Morgan fingerprint density at radius 1 is 1.35 bits per heavy atom. The summed E-state index contributed by atoms with van der Waals surface area (Å²) in [5, 5.41) is 11.7. The second-order valence-corrected chi connectivity index (χ2v) is 4.12. The van der Waals surface area contributed by atoms with Crippen LogP contribution in [0.5, 0.6) is 0 Å². The number of nitrogens with zero attached hydrogens (tertiary/aromatic N) is 2. The van der Waals surface area contributed by atoms with Crippen LogP contribution in [0.1, 0.15) is 23.8 Å². The third-order valence-electron chi connectivity index (χ3n) is 2.49. The normalized spacial score (nSPS) is 10.1. The first kappa shape index (κ1) is 13.7. The topological polar surface area (TPSA) is 99.8 Å². The van der Waals surface area contributed by atoms with E-state index in [1.165, 1.54) is 12.1 Å². The van der Waals surface area contributed by atoms with E-state index in [0.717, 1.165) is 18.7 Å². The largest absolute Gasteiger partial charge is 0.385 e. The first-order valence-corrected chi connectivity index (χ1v) is 6.26. The monoisotopic (exact) mass is 273 g/mol. The maximum atomic E-state index is 12.0. The molecule has 3 N–H and O–H groups in total. The fraction of sp³-hybridized carbons (Fsp3) is 0.231. The molecule has 0 atom stereocenters. The molecule has 7 heteroatoms. The van der Waals surface area contributed by atoms with Crippen molar-refractivity contribution in [2.45, 2.75) is 13.3 Å². The minimum absolute atomic E-state index is 0.267. The van der Waals surface area contributed by atoms with E-state index in [4.69, 9.17) is 0 Å². The van der Waals surface area contributed by atoms with Crippen molar-refractivity contribution in [1.29, 1.82) is 0 Å². The first-order valence-electron chi connectivity index (χ1n) is 6.26. The number of anilines is 2. The Morgan fingerprint density at radius 3 is 2.90 bits per heavy atom. The van der Waals surface area contributed by atoms with Gasteiger partial charge in [-0.05, 0) is 24.6 Å². The summed E-state index contributed by atoms with van der Waals surface area (Å²) in [5.41, 5.74) is 0.785. The van der Waals surface area contributed by atoms with Gasteiger partial charge in [0.1, 0.15) is 5.69 Å². The summed E-state index contributed by atoms with van der Waals surface area (Å²) in [6, 6.07) is 6.17. The number of carbonyl (C=O) groups excluding carboxylic acids is 1. The molecule has 0 aliphatic rings. The van der Waals surface area contributed by atoms with E-state index in [9.17, 15) is 9.59 Å². The summed E-state index contributed by atoms with van der Waals surface area (Å²) < 4.78 is 0. The molecule has 1 amide bonds. The Kier molecular flexibility index (Phi) is 4.43. The molecule has 2 rings (SSSR count). The quantitative estimate of drug-likeness (QED) is 0.761. The van der Waals surface area contributed by atoms with Crippen molar-refractivity contribution in [3.63, 3.8) is 0 Å². The number of rotatable bonds is 5. The molecule has 2 aromatic rings. The molecule has 0 saturated heterocycles.